The van der Waals surface area contributed by atoms with E-state index in [-0.39, 0.29) is 18.4 Å². The van der Waals surface area contributed by atoms with Crippen molar-refractivity contribution in [3.8, 4) is 22.6 Å². The number of carbonyl (C=O) groups is 2. The average molecular weight is 471 g/mol. The molecule has 0 spiro atoms. The summed E-state index contributed by atoms with van der Waals surface area (Å²) >= 11 is 1.55. The van der Waals surface area contributed by atoms with Crippen LogP contribution in [-0.2, 0) is 9.59 Å². The summed E-state index contributed by atoms with van der Waals surface area (Å²) in [6.07, 6.45) is 4.89. The molecule has 2 aromatic carbocycles. The lowest BCUT2D eigenvalue weighted by atomic mass is 10.0. The standard InChI is InChI=1S/C26H22N4O3S/c27-26-24-21(17-6-9-20(10-7-17)33-19-4-2-1-3-5-19)16-34-25(24)18(14-29-26)8-11-23(32)30-13-12-28-22(31)15-30/h1-11,14,16H,12-13,15H2,(H2,27,29)(H,28,31). The maximum atomic E-state index is 12.5. The van der Waals surface area contributed by atoms with Gasteiger partial charge >= 0.3 is 0 Å². The molecular formula is C26H22N4O3S. The molecule has 0 aliphatic carbocycles. The van der Waals surface area contributed by atoms with Crippen molar-refractivity contribution >= 4 is 45.1 Å². The van der Waals surface area contributed by atoms with Crippen LogP contribution >= 0.6 is 11.3 Å². The average Bonchev–Trinajstić information content (AvgIpc) is 3.31. The molecule has 170 valence electrons. The van der Waals surface area contributed by atoms with E-state index < -0.39 is 0 Å². The second kappa shape index (κ2) is 9.36. The first-order valence-electron chi connectivity index (χ1n) is 10.8. The molecule has 4 aromatic rings. The van der Waals surface area contributed by atoms with Gasteiger partial charge in [-0.3, -0.25) is 9.59 Å². The quantitative estimate of drug-likeness (QED) is 0.424. The fraction of sp³-hybridized carbons (Fsp3) is 0.115. The number of ether oxygens (including phenoxy) is 1. The van der Waals surface area contributed by atoms with Crippen molar-refractivity contribution in [1.29, 1.82) is 0 Å². The topological polar surface area (TPSA) is 97.5 Å². The van der Waals surface area contributed by atoms with E-state index in [1.54, 1.807) is 23.6 Å². The Labute approximate surface area is 200 Å². The second-order valence-electron chi connectivity index (χ2n) is 7.83. The largest absolute Gasteiger partial charge is 0.457 e. The van der Waals surface area contributed by atoms with E-state index in [4.69, 9.17) is 10.5 Å². The number of piperazine rings is 1. The first-order valence-corrected chi connectivity index (χ1v) is 11.7. The monoisotopic (exact) mass is 470 g/mol. The number of pyridine rings is 1. The van der Waals surface area contributed by atoms with Gasteiger partial charge in [0.1, 0.15) is 17.3 Å². The molecule has 8 heteroatoms. The van der Waals surface area contributed by atoms with E-state index >= 15 is 0 Å². The number of fused-ring (bicyclic) bond motifs is 1. The smallest absolute Gasteiger partial charge is 0.247 e. The summed E-state index contributed by atoms with van der Waals surface area (Å²) in [5.41, 5.74) is 9.03. The number of para-hydroxylation sites is 1. The highest BCUT2D eigenvalue weighted by Crippen LogP contribution is 2.39. The zero-order valence-corrected chi connectivity index (χ0v) is 19.0. The number of amides is 2. The molecule has 0 bridgehead atoms. The van der Waals surface area contributed by atoms with Gasteiger partial charge in [-0.1, -0.05) is 30.3 Å². The number of nitrogen functional groups attached to an aromatic ring is 1. The number of carbonyl (C=O) groups excluding carboxylic acids is 2. The van der Waals surface area contributed by atoms with E-state index in [0.29, 0.717) is 18.9 Å². The fourth-order valence-electron chi connectivity index (χ4n) is 3.84. The molecule has 1 aliphatic heterocycles. The lowest BCUT2D eigenvalue weighted by molar-refractivity contribution is -0.134. The van der Waals surface area contributed by atoms with Gasteiger partial charge in [0.05, 0.1) is 6.54 Å². The third kappa shape index (κ3) is 4.49. The molecule has 2 amide bonds. The van der Waals surface area contributed by atoms with Crippen LogP contribution in [0.15, 0.2) is 72.3 Å². The van der Waals surface area contributed by atoms with E-state index in [2.05, 4.69) is 10.3 Å². The van der Waals surface area contributed by atoms with E-state index in [0.717, 1.165) is 38.3 Å². The molecule has 1 aliphatic rings. The van der Waals surface area contributed by atoms with E-state index in [1.165, 1.54) is 11.0 Å². The SMILES string of the molecule is Nc1ncc(C=CC(=O)N2CCNC(=O)C2)c2scc(-c3ccc(Oc4ccccc4)cc3)c12. The molecule has 34 heavy (non-hydrogen) atoms. The number of nitrogens with one attached hydrogen (secondary N) is 1. The molecule has 0 radical (unpaired) electrons. The maximum Gasteiger partial charge on any atom is 0.247 e. The fourth-order valence-corrected chi connectivity index (χ4v) is 4.92. The Morgan fingerprint density at radius 2 is 1.88 bits per heavy atom. The van der Waals surface area contributed by atoms with Crippen molar-refractivity contribution in [2.45, 2.75) is 0 Å². The first-order chi connectivity index (χ1) is 16.6. The molecule has 3 N–H and O–H groups in total. The Hall–Kier alpha value is -4.17. The molecule has 5 rings (SSSR count). The summed E-state index contributed by atoms with van der Waals surface area (Å²) in [5, 5.41) is 5.62. The lowest BCUT2D eigenvalue weighted by Crippen LogP contribution is -2.49. The Balaban J connectivity index is 1.40. The van der Waals surface area contributed by atoms with Gasteiger partial charge in [-0.15, -0.1) is 11.3 Å². The van der Waals surface area contributed by atoms with Crippen LogP contribution in [0.1, 0.15) is 5.56 Å². The highest BCUT2D eigenvalue weighted by Gasteiger charge is 2.19. The number of benzene rings is 2. The zero-order valence-electron chi connectivity index (χ0n) is 18.2. The number of nitrogens with zero attached hydrogens (tertiary/aromatic N) is 2. The van der Waals surface area contributed by atoms with Crippen LogP contribution in [0.3, 0.4) is 0 Å². The van der Waals surface area contributed by atoms with Crippen molar-refractivity contribution in [2.24, 2.45) is 0 Å². The van der Waals surface area contributed by atoms with Crippen molar-refractivity contribution in [3.05, 3.63) is 77.8 Å². The van der Waals surface area contributed by atoms with Crippen molar-refractivity contribution in [1.82, 2.24) is 15.2 Å². The summed E-state index contributed by atoms with van der Waals surface area (Å²) in [7, 11) is 0. The van der Waals surface area contributed by atoms with Crippen molar-refractivity contribution < 1.29 is 14.3 Å². The highest BCUT2D eigenvalue weighted by molar-refractivity contribution is 7.18. The van der Waals surface area contributed by atoms with Crippen molar-refractivity contribution in [3.63, 3.8) is 0 Å². The number of aromatic nitrogens is 1. The minimum atomic E-state index is -0.203. The third-order valence-electron chi connectivity index (χ3n) is 5.55. The van der Waals surface area contributed by atoms with Gasteiger partial charge in [0.2, 0.25) is 11.8 Å². The number of nitrogens with two attached hydrogens (primary N) is 1. The first kappa shape index (κ1) is 21.7. The molecule has 3 heterocycles. The Morgan fingerprint density at radius 1 is 1.12 bits per heavy atom. The normalized spacial score (nSPS) is 13.9. The molecule has 1 fully saturated rings. The van der Waals surface area contributed by atoms with Crippen molar-refractivity contribution in [2.75, 3.05) is 25.4 Å². The summed E-state index contributed by atoms with van der Waals surface area (Å²) in [4.78, 5) is 30.0. The highest BCUT2D eigenvalue weighted by atomic mass is 32.1. The molecule has 7 nitrogen and oxygen atoms in total. The van der Waals surface area contributed by atoms with Gasteiger partial charge in [-0.25, -0.2) is 4.98 Å². The van der Waals surface area contributed by atoms with Crippen LogP contribution in [-0.4, -0.2) is 41.3 Å². The molecule has 0 saturated carbocycles. The van der Waals surface area contributed by atoms with Gasteiger partial charge in [0, 0.05) is 46.6 Å². The number of hydrogen-bond donors (Lipinski definition) is 2. The Kier molecular flexibility index (Phi) is 5.97. The van der Waals surface area contributed by atoms with Crippen LogP contribution in [0.2, 0.25) is 0 Å². The molecule has 0 unspecified atom stereocenters. The van der Waals surface area contributed by atoms with Crippen LogP contribution in [0.4, 0.5) is 5.82 Å². The molecule has 1 saturated heterocycles. The van der Waals surface area contributed by atoms with Crippen LogP contribution < -0.4 is 15.8 Å². The van der Waals surface area contributed by atoms with Gasteiger partial charge in [0.15, 0.2) is 0 Å². The van der Waals surface area contributed by atoms with E-state index in [1.807, 2.05) is 60.0 Å². The number of hydrogen-bond acceptors (Lipinski definition) is 6. The second-order valence-corrected chi connectivity index (χ2v) is 8.71. The van der Waals surface area contributed by atoms with Crippen LogP contribution in [0, 0.1) is 0 Å². The molecular weight excluding hydrogens is 448 g/mol. The predicted octanol–water partition coefficient (Wildman–Crippen LogP) is 4.31. The summed E-state index contributed by atoms with van der Waals surface area (Å²) in [5.74, 6) is 1.61. The zero-order chi connectivity index (χ0) is 23.5. The van der Waals surface area contributed by atoms with Crippen LogP contribution in [0.5, 0.6) is 11.5 Å². The number of anilines is 1. The van der Waals surface area contributed by atoms with Gasteiger partial charge in [-0.05, 0) is 41.3 Å². The summed E-state index contributed by atoms with van der Waals surface area (Å²) < 4.78 is 6.84. The van der Waals surface area contributed by atoms with Gasteiger partial charge in [-0.2, -0.15) is 0 Å². The third-order valence-corrected chi connectivity index (χ3v) is 6.58. The van der Waals surface area contributed by atoms with E-state index in [9.17, 15) is 9.59 Å². The van der Waals surface area contributed by atoms with Gasteiger partial charge < -0.3 is 20.7 Å². The lowest BCUT2D eigenvalue weighted by Gasteiger charge is -2.25. The molecule has 0 atom stereocenters. The summed E-state index contributed by atoms with van der Waals surface area (Å²) in [6.45, 7) is 1.04. The minimum Gasteiger partial charge on any atom is -0.457 e. The number of rotatable bonds is 5. The number of thiophene rings is 1. The van der Waals surface area contributed by atoms with Gasteiger partial charge in [0.25, 0.3) is 0 Å². The van der Waals surface area contributed by atoms with Crippen LogP contribution in [0.25, 0.3) is 27.3 Å². The Morgan fingerprint density at radius 3 is 2.65 bits per heavy atom. The Bertz CT molecular complexity index is 1380. The minimum absolute atomic E-state index is 0.0751. The molecule has 2 aromatic heterocycles. The predicted molar refractivity (Wildman–Crippen MR) is 135 cm³/mol. The maximum absolute atomic E-state index is 12.5. The summed E-state index contributed by atoms with van der Waals surface area (Å²) in [6, 6.07) is 17.5.